The van der Waals surface area contributed by atoms with Crippen molar-refractivity contribution in [2.75, 3.05) is 25.7 Å². The molecule has 0 aromatic heterocycles. The first-order valence-electron chi connectivity index (χ1n) is 9.02. The summed E-state index contributed by atoms with van der Waals surface area (Å²) >= 11 is 0. The summed E-state index contributed by atoms with van der Waals surface area (Å²) in [5.41, 5.74) is 2.22. The summed E-state index contributed by atoms with van der Waals surface area (Å²) in [4.78, 5) is 26.3. The Morgan fingerprint density at radius 2 is 1.85 bits per heavy atom. The molecule has 0 aliphatic carbocycles. The predicted octanol–water partition coefficient (Wildman–Crippen LogP) is 3.15. The van der Waals surface area contributed by atoms with E-state index >= 15 is 0 Å². The summed E-state index contributed by atoms with van der Waals surface area (Å²) in [7, 11) is 3.15. The van der Waals surface area contributed by atoms with Crippen LogP contribution in [0.4, 0.5) is 5.69 Å². The molecular weight excluding hydrogens is 344 g/mol. The number of amides is 2. The van der Waals surface area contributed by atoms with E-state index in [2.05, 4.69) is 5.32 Å². The van der Waals surface area contributed by atoms with Crippen LogP contribution in [-0.2, 0) is 11.3 Å². The minimum absolute atomic E-state index is 0.142. The van der Waals surface area contributed by atoms with Crippen LogP contribution in [0.15, 0.2) is 42.5 Å². The molecule has 6 heteroatoms. The van der Waals surface area contributed by atoms with Crippen LogP contribution >= 0.6 is 0 Å². The summed E-state index contributed by atoms with van der Waals surface area (Å²) in [6, 6.07) is 12.7. The fourth-order valence-electron chi connectivity index (χ4n) is 3.24. The van der Waals surface area contributed by atoms with E-state index in [0.29, 0.717) is 30.0 Å². The van der Waals surface area contributed by atoms with Crippen molar-refractivity contribution in [2.24, 2.45) is 0 Å². The Kier molecular flexibility index (Phi) is 5.96. The third kappa shape index (κ3) is 4.22. The van der Waals surface area contributed by atoms with Gasteiger partial charge in [0.2, 0.25) is 5.91 Å². The Morgan fingerprint density at radius 1 is 1.07 bits per heavy atom. The molecule has 0 saturated carbocycles. The zero-order valence-corrected chi connectivity index (χ0v) is 15.7. The van der Waals surface area contributed by atoms with Crippen LogP contribution in [0, 0.1) is 0 Å². The van der Waals surface area contributed by atoms with E-state index in [9.17, 15) is 9.59 Å². The monoisotopic (exact) mass is 368 g/mol. The average Bonchev–Trinajstić information content (AvgIpc) is 2.72. The van der Waals surface area contributed by atoms with Gasteiger partial charge in [-0.2, -0.15) is 0 Å². The standard InChI is InChI=1S/C21H24N2O4/c1-26-18-7-5-6-16(20(18)27-2)14-22-21(25)15-9-11-17(12-10-15)23-13-4-3-8-19(23)24/h5-7,9-12H,3-4,8,13-14H2,1-2H3,(H,22,25). The summed E-state index contributed by atoms with van der Waals surface area (Å²) in [6.45, 7) is 1.06. The molecule has 1 N–H and O–H groups in total. The zero-order chi connectivity index (χ0) is 19.2. The topological polar surface area (TPSA) is 67.9 Å². The van der Waals surface area contributed by atoms with E-state index in [-0.39, 0.29) is 11.8 Å². The van der Waals surface area contributed by atoms with Crippen molar-refractivity contribution in [1.29, 1.82) is 0 Å². The lowest BCUT2D eigenvalue weighted by Crippen LogP contribution is -2.35. The van der Waals surface area contributed by atoms with Crippen LogP contribution in [0.3, 0.4) is 0 Å². The van der Waals surface area contributed by atoms with Crippen molar-refractivity contribution in [1.82, 2.24) is 5.32 Å². The van der Waals surface area contributed by atoms with Gasteiger partial charge in [-0.25, -0.2) is 0 Å². The van der Waals surface area contributed by atoms with Crippen molar-refractivity contribution >= 4 is 17.5 Å². The Hall–Kier alpha value is -3.02. The molecular formula is C21H24N2O4. The number of hydrogen-bond acceptors (Lipinski definition) is 4. The SMILES string of the molecule is COc1cccc(CNC(=O)c2ccc(N3CCCCC3=O)cc2)c1OC. The fourth-order valence-corrected chi connectivity index (χ4v) is 3.24. The van der Waals surface area contributed by atoms with Crippen molar-refractivity contribution < 1.29 is 19.1 Å². The van der Waals surface area contributed by atoms with Gasteiger partial charge in [0.05, 0.1) is 14.2 Å². The largest absolute Gasteiger partial charge is 0.493 e. The average molecular weight is 368 g/mol. The number of benzene rings is 2. The number of hydrogen-bond donors (Lipinski definition) is 1. The highest BCUT2D eigenvalue weighted by Gasteiger charge is 2.19. The molecule has 1 fully saturated rings. The highest BCUT2D eigenvalue weighted by molar-refractivity contribution is 5.97. The second-order valence-electron chi connectivity index (χ2n) is 6.38. The molecule has 27 heavy (non-hydrogen) atoms. The van der Waals surface area contributed by atoms with Crippen molar-refractivity contribution in [3.8, 4) is 11.5 Å². The zero-order valence-electron chi connectivity index (χ0n) is 15.7. The second-order valence-corrected chi connectivity index (χ2v) is 6.38. The van der Waals surface area contributed by atoms with Gasteiger partial charge in [0, 0.05) is 36.3 Å². The van der Waals surface area contributed by atoms with Crippen molar-refractivity contribution in [2.45, 2.75) is 25.8 Å². The molecule has 2 aromatic rings. The third-order valence-electron chi connectivity index (χ3n) is 4.69. The number of rotatable bonds is 6. The maximum atomic E-state index is 12.5. The van der Waals surface area contributed by atoms with Crippen LogP contribution in [0.5, 0.6) is 11.5 Å². The number of piperidine rings is 1. The summed E-state index contributed by atoms with van der Waals surface area (Å²) in [5, 5.41) is 2.89. The smallest absolute Gasteiger partial charge is 0.251 e. The number of para-hydroxylation sites is 1. The number of nitrogens with one attached hydrogen (secondary N) is 1. The van der Waals surface area contributed by atoms with E-state index in [1.165, 1.54) is 0 Å². The van der Waals surface area contributed by atoms with Crippen molar-refractivity contribution in [3.63, 3.8) is 0 Å². The molecule has 0 spiro atoms. The molecule has 0 atom stereocenters. The Labute approximate surface area is 159 Å². The second kappa shape index (κ2) is 8.58. The number of anilines is 1. The maximum Gasteiger partial charge on any atom is 0.251 e. The lowest BCUT2D eigenvalue weighted by molar-refractivity contribution is -0.119. The molecule has 0 unspecified atom stereocenters. The van der Waals surface area contributed by atoms with E-state index in [0.717, 1.165) is 30.6 Å². The highest BCUT2D eigenvalue weighted by Crippen LogP contribution is 2.30. The van der Waals surface area contributed by atoms with Gasteiger partial charge in [-0.3, -0.25) is 9.59 Å². The number of carbonyl (C=O) groups is 2. The van der Waals surface area contributed by atoms with E-state index < -0.39 is 0 Å². The molecule has 2 aromatic carbocycles. The molecule has 1 heterocycles. The van der Waals surface area contributed by atoms with Crippen LogP contribution in [0.25, 0.3) is 0 Å². The number of ether oxygens (including phenoxy) is 2. The molecule has 0 radical (unpaired) electrons. The van der Waals surface area contributed by atoms with Gasteiger partial charge in [-0.1, -0.05) is 12.1 Å². The first kappa shape index (κ1) is 18.8. The van der Waals surface area contributed by atoms with Crippen LogP contribution in [0.2, 0.25) is 0 Å². The van der Waals surface area contributed by atoms with E-state index in [1.807, 2.05) is 30.3 Å². The number of carbonyl (C=O) groups excluding carboxylic acids is 2. The van der Waals surface area contributed by atoms with Gasteiger partial charge in [-0.15, -0.1) is 0 Å². The van der Waals surface area contributed by atoms with Crippen LogP contribution in [-0.4, -0.2) is 32.6 Å². The first-order chi connectivity index (χ1) is 13.1. The molecule has 0 bridgehead atoms. The lowest BCUT2D eigenvalue weighted by atomic mass is 10.1. The lowest BCUT2D eigenvalue weighted by Gasteiger charge is -2.26. The van der Waals surface area contributed by atoms with Crippen molar-refractivity contribution in [3.05, 3.63) is 53.6 Å². The third-order valence-corrected chi connectivity index (χ3v) is 4.69. The number of methoxy groups -OCH3 is 2. The van der Waals surface area contributed by atoms with E-state index in [1.54, 1.807) is 31.3 Å². The van der Waals surface area contributed by atoms with Gasteiger partial charge >= 0.3 is 0 Å². The van der Waals surface area contributed by atoms with Crippen LogP contribution in [0.1, 0.15) is 35.2 Å². The van der Waals surface area contributed by atoms with Gasteiger partial charge in [0.15, 0.2) is 11.5 Å². The Bertz CT molecular complexity index is 817. The van der Waals surface area contributed by atoms with Gasteiger partial charge in [0.25, 0.3) is 5.91 Å². The minimum Gasteiger partial charge on any atom is -0.493 e. The molecule has 6 nitrogen and oxygen atoms in total. The molecule has 1 aliphatic heterocycles. The van der Waals surface area contributed by atoms with Crippen LogP contribution < -0.4 is 19.7 Å². The summed E-state index contributed by atoms with van der Waals surface area (Å²) in [6.07, 6.45) is 2.55. The van der Waals surface area contributed by atoms with E-state index in [4.69, 9.17) is 9.47 Å². The molecule has 142 valence electrons. The molecule has 1 aliphatic rings. The molecule has 1 saturated heterocycles. The van der Waals surface area contributed by atoms with Gasteiger partial charge in [0.1, 0.15) is 0 Å². The Morgan fingerprint density at radius 3 is 2.52 bits per heavy atom. The maximum absolute atomic E-state index is 12.5. The van der Waals surface area contributed by atoms with Gasteiger partial charge < -0.3 is 19.7 Å². The Balaban J connectivity index is 1.66. The predicted molar refractivity (Wildman–Crippen MR) is 103 cm³/mol. The summed E-state index contributed by atoms with van der Waals surface area (Å²) in [5.74, 6) is 1.19. The fraction of sp³-hybridized carbons (Fsp3) is 0.333. The normalized spacial score (nSPS) is 14.0. The minimum atomic E-state index is -0.184. The quantitative estimate of drug-likeness (QED) is 0.850. The van der Waals surface area contributed by atoms with Gasteiger partial charge in [-0.05, 0) is 43.2 Å². The first-order valence-corrected chi connectivity index (χ1v) is 9.02. The highest BCUT2D eigenvalue weighted by atomic mass is 16.5. The molecule has 2 amide bonds. The summed E-state index contributed by atoms with van der Waals surface area (Å²) < 4.78 is 10.7. The molecule has 3 rings (SSSR count). The number of nitrogens with zero attached hydrogens (tertiary/aromatic N) is 1.